The van der Waals surface area contributed by atoms with Crippen molar-refractivity contribution in [1.82, 2.24) is 5.32 Å². The van der Waals surface area contributed by atoms with E-state index in [1.165, 1.54) is 6.08 Å². The molecule has 0 aliphatic heterocycles. The highest BCUT2D eigenvalue weighted by molar-refractivity contribution is 5.57. The molecule has 15 heavy (non-hydrogen) atoms. The van der Waals surface area contributed by atoms with Crippen LogP contribution in [0.4, 0.5) is 5.69 Å². The number of hydrogen-bond donors (Lipinski definition) is 1. The molecule has 1 aromatic rings. The third kappa shape index (κ3) is 4.36. The van der Waals surface area contributed by atoms with Gasteiger partial charge in [-0.3, -0.25) is 0 Å². The molecule has 0 heterocycles. The monoisotopic (exact) mass is 202 g/mol. The summed E-state index contributed by atoms with van der Waals surface area (Å²) in [6.45, 7) is 0.961. The Bertz CT molecular complexity index is 379. The summed E-state index contributed by atoms with van der Waals surface area (Å²) in [5.41, 5.74) is 1.68. The number of nitrogens with zero attached hydrogens (tertiary/aromatic N) is 1. The summed E-state index contributed by atoms with van der Waals surface area (Å²) in [6.07, 6.45) is 6.61. The molecular formula is C12H14N2O. The molecule has 0 atom stereocenters. The highest BCUT2D eigenvalue weighted by atomic mass is 16.1. The smallest absolute Gasteiger partial charge is 0.240 e. The minimum atomic E-state index is 0.640. The molecule has 0 amide bonds. The van der Waals surface area contributed by atoms with Crippen LogP contribution >= 0.6 is 0 Å². The average Bonchev–Trinajstić information content (AvgIpc) is 2.26. The maximum absolute atomic E-state index is 10.1. The third-order valence-corrected chi connectivity index (χ3v) is 1.92. The van der Waals surface area contributed by atoms with Crippen LogP contribution in [-0.4, -0.2) is 19.7 Å². The Balaban J connectivity index is 2.64. The van der Waals surface area contributed by atoms with Crippen molar-refractivity contribution < 1.29 is 4.79 Å². The van der Waals surface area contributed by atoms with Gasteiger partial charge >= 0.3 is 0 Å². The minimum absolute atomic E-state index is 0.640. The van der Waals surface area contributed by atoms with Crippen LogP contribution in [0.2, 0.25) is 0 Å². The van der Waals surface area contributed by atoms with E-state index in [1.54, 1.807) is 6.07 Å². The summed E-state index contributed by atoms with van der Waals surface area (Å²) in [7, 11) is 1.92. The number of carbonyl (C=O) groups excluding carboxylic acids is 1. The van der Waals surface area contributed by atoms with Gasteiger partial charge in [0, 0.05) is 0 Å². The van der Waals surface area contributed by atoms with Crippen molar-refractivity contribution in [2.45, 2.75) is 6.42 Å². The average molecular weight is 202 g/mol. The van der Waals surface area contributed by atoms with Gasteiger partial charge in [-0.2, -0.15) is 4.99 Å². The van der Waals surface area contributed by atoms with Crippen LogP contribution < -0.4 is 5.32 Å². The van der Waals surface area contributed by atoms with Crippen LogP contribution in [0.25, 0.3) is 6.08 Å². The standard InChI is InChI=1S/C12H14N2O/c1-13-8-3-2-5-11-6-4-7-12(9-11)14-10-15/h2,4-7,9,13H,3,8H2,1H3. The number of nitrogens with one attached hydrogen (secondary N) is 1. The van der Waals surface area contributed by atoms with E-state index in [1.807, 2.05) is 31.3 Å². The second-order valence-corrected chi connectivity index (χ2v) is 3.09. The molecule has 3 nitrogen and oxygen atoms in total. The highest BCUT2D eigenvalue weighted by Gasteiger charge is 1.90. The van der Waals surface area contributed by atoms with Gasteiger partial charge in [0.15, 0.2) is 0 Å². The molecule has 0 spiro atoms. The van der Waals surface area contributed by atoms with Gasteiger partial charge in [-0.15, -0.1) is 0 Å². The van der Waals surface area contributed by atoms with E-state index >= 15 is 0 Å². The zero-order valence-corrected chi connectivity index (χ0v) is 8.73. The summed E-state index contributed by atoms with van der Waals surface area (Å²) in [6, 6.07) is 7.46. The van der Waals surface area contributed by atoms with Crippen molar-refractivity contribution >= 4 is 17.8 Å². The molecule has 1 N–H and O–H groups in total. The first-order valence-corrected chi connectivity index (χ1v) is 4.86. The predicted molar refractivity (Wildman–Crippen MR) is 61.8 cm³/mol. The second kappa shape index (κ2) is 6.71. The van der Waals surface area contributed by atoms with Crippen LogP contribution in [0.15, 0.2) is 35.3 Å². The SMILES string of the molecule is CNCCC=Cc1cccc(N=C=O)c1. The van der Waals surface area contributed by atoms with E-state index in [4.69, 9.17) is 0 Å². The summed E-state index contributed by atoms with van der Waals surface area (Å²) < 4.78 is 0. The minimum Gasteiger partial charge on any atom is -0.319 e. The Morgan fingerprint density at radius 2 is 2.40 bits per heavy atom. The molecule has 0 aliphatic rings. The Morgan fingerprint density at radius 1 is 1.53 bits per heavy atom. The Labute approximate surface area is 89.5 Å². The summed E-state index contributed by atoms with van der Waals surface area (Å²) in [5.74, 6) is 0. The highest BCUT2D eigenvalue weighted by Crippen LogP contribution is 2.14. The van der Waals surface area contributed by atoms with Crippen LogP contribution in [0.1, 0.15) is 12.0 Å². The predicted octanol–water partition coefficient (Wildman–Crippen LogP) is 2.28. The van der Waals surface area contributed by atoms with E-state index in [9.17, 15) is 4.79 Å². The molecule has 0 unspecified atom stereocenters. The molecule has 0 bridgehead atoms. The van der Waals surface area contributed by atoms with Crippen LogP contribution in [0.5, 0.6) is 0 Å². The Morgan fingerprint density at radius 3 is 3.13 bits per heavy atom. The van der Waals surface area contributed by atoms with E-state index in [2.05, 4.69) is 16.4 Å². The normalized spacial score (nSPS) is 10.2. The maximum Gasteiger partial charge on any atom is 0.240 e. The maximum atomic E-state index is 10.1. The molecule has 0 saturated carbocycles. The van der Waals surface area contributed by atoms with Crippen molar-refractivity contribution in [2.24, 2.45) is 4.99 Å². The molecule has 1 aromatic carbocycles. The van der Waals surface area contributed by atoms with Crippen LogP contribution in [0, 0.1) is 0 Å². The molecule has 1 rings (SSSR count). The molecule has 3 heteroatoms. The fourth-order valence-electron chi connectivity index (χ4n) is 1.20. The molecule has 78 valence electrons. The van der Waals surface area contributed by atoms with Crippen molar-refractivity contribution in [1.29, 1.82) is 0 Å². The van der Waals surface area contributed by atoms with E-state index in [0.717, 1.165) is 18.5 Å². The first-order chi connectivity index (χ1) is 7.36. The van der Waals surface area contributed by atoms with Gasteiger partial charge in [-0.05, 0) is 37.7 Å². The van der Waals surface area contributed by atoms with Gasteiger partial charge in [0.05, 0.1) is 5.69 Å². The number of aliphatic imine (C=N–C) groups is 1. The second-order valence-electron chi connectivity index (χ2n) is 3.09. The van der Waals surface area contributed by atoms with Gasteiger partial charge in [0.2, 0.25) is 6.08 Å². The molecular weight excluding hydrogens is 188 g/mol. The van der Waals surface area contributed by atoms with Crippen molar-refractivity contribution in [2.75, 3.05) is 13.6 Å². The van der Waals surface area contributed by atoms with Gasteiger partial charge in [-0.25, -0.2) is 4.79 Å². The molecule has 0 aliphatic carbocycles. The number of hydrogen-bond acceptors (Lipinski definition) is 3. The summed E-state index contributed by atoms with van der Waals surface area (Å²) in [4.78, 5) is 13.6. The van der Waals surface area contributed by atoms with Gasteiger partial charge in [0.25, 0.3) is 0 Å². The molecule has 0 fully saturated rings. The summed E-state index contributed by atoms with van der Waals surface area (Å²) in [5, 5.41) is 3.06. The first kappa shape index (κ1) is 11.4. The third-order valence-electron chi connectivity index (χ3n) is 1.92. The number of benzene rings is 1. The van der Waals surface area contributed by atoms with Crippen molar-refractivity contribution in [3.63, 3.8) is 0 Å². The first-order valence-electron chi connectivity index (χ1n) is 4.86. The summed E-state index contributed by atoms with van der Waals surface area (Å²) >= 11 is 0. The lowest BCUT2D eigenvalue weighted by Gasteiger charge is -1.95. The Hall–Kier alpha value is -1.70. The molecule has 0 aromatic heterocycles. The lowest BCUT2D eigenvalue weighted by atomic mass is 10.2. The van der Waals surface area contributed by atoms with E-state index in [0.29, 0.717) is 5.69 Å². The lowest BCUT2D eigenvalue weighted by Crippen LogP contribution is -2.05. The Kier molecular flexibility index (Phi) is 5.09. The van der Waals surface area contributed by atoms with Gasteiger partial charge in [0.1, 0.15) is 0 Å². The lowest BCUT2D eigenvalue weighted by molar-refractivity contribution is 0.565. The van der Waals surface area contributed by atoms with E-state index in [-0.39, 0.29) is 0 Å². The quantitative estimate of drug-likeness (QED) is 0.452. The molecule has 0 radical (unpaired) electrons. The van der Waals surface area contributed by atoms with Gasteiger partial charge in [-0.1, -0.05) is 24.3 Å². The fraction of sp³-hybridized carbons (Fsp3) is 0.250. The van der Waals surface area contributed by atoms with Crippen LogP contribution in [-0.2, 0) is 4.79 Å². The largest absolute Gasteiger partial charge is 0.319 e. The fourth-order valence-corrected chi connectivity index (χ4v) is 1.20. The van der Waals surface area contributed by atoms with Crippen LogP contribution in [0.3, 0.4) is 0 Å². The zero-order chi connectivity index (χ0) is 10.9. The number of rotatable bonds is 5. The molecule has 0 saturated heterocycles. The number of isocyanates is 1. The van der Waals surface area contributed by atoms with Gasteiger partial charge < -0.3 is 5.32 Å². The van der Waals surface area contributed by atoms with Crippen molar-refractivity contribution in [3.05, 3.63) is 35.9 Å². The van der Waals surface area contributed by atoms with Crippen molar-refractivity contribution in [3.8, 4) is 0 Å². The zero-order valence-electron chi connectivity index (χ0n) is 8.73. The topological polar surface area (TPSA) is 41.5 Å². The van der Waals surface area contributed by atoms with E-state index < -0.39 is 0 Å².